The van der Waals surface area contributed by atoms with Crippen molar-refractivity contribution < 1.29 is 14.3 Å². The molecule has 1 aromatic heterocycles. The maximum atomic E-state index is 12.2. The molecule has 0 atom stereocenters. The highest BCUT2D eigenvalue weighted by molar-refractivity contribution is 5.68. The van der Waals surface area contributed by atoms with Gasteiger partial charge in [-0.15, -0.1) is 5.10 Å². The predicted octanol–water partition coefficient (Wildman–Crippen LogP) is 4.84. The molecule has 0 saturated carbocycles. The SMILES string of the molecule is Cc1ccc(OCCCc2cn(CCCN3CCN(C(=O)OC(C)(C)C)CC3)nn2)c(C(C)(C)C)c1. The molecule has 200 valence electrons. The minimum atomic E-state index is -0.450. The summed E-state index contributed by atoms with van der Waals surface area (Å²) in [6.45, 7) is 20.1. The van der Waals surface area contributed by atoms with Crippen LogP contribution in [0.15, 0.2) is 24.4 Å². The van der Waals surface area contributed by atoms with Crippen LogP contribution in [0.3, 0.4) is 0 Å². The molecular weight excluding hydrogens is 454 g/mol. The van der Waals surface area contributed by atoms with Gasteiger partial charge in [0.05, 0.1) is 12.3 Å². The third-order valence-corrected chi connectivity index (χ3v) is 6.25. The number of hydrogen-bond donors (Lipinski definition) is 0. The highest BCUT2D eigenvalue weighted by Crippen LogP contribution is 2.32. The first kappa shape index (κ1) is 28.0. The zero-order valence-electron chi connectivity index (χ0n) is 23.3. The first-order chi connectivity index (χ1) is 16.9. The van der Waals surface area contributed by atoms with Gasteiger partial charge in [-0.05, 0) is 64.0 Å². The number of rotatable bonds is 9. The zero-order valence-corrected chi connectivity index (χ0v) is 23.3. The number of hydrogen-bond acceptors (Lipinski definition) is 6. The number of benzene rings is 1. The fourth-order valence-corrected chi connectivity index (χ4v) is 4.29. The van der Waals surface area contributed by atoms with Gasteiger partial charge in [-0.25, -0.2) is 4.79 Å². The Balaban J connectivity index is 1.33. The highest BCUT2D eigenvalue weighted by atomic mass is 16.6. The van der Waals surface area contributed by atoms with Crippen molar-refractivity contribution in [3.63, 3.8) is 0 Å². The van der Waals surface area contributed by atoms with Gasteiger partial charge in [0, 0.05) is 45.5 Å². The first-order valence-electron chi connectivity index (χ1n) is 13.2. The molecule has 1 aromatic carbocycles. The summed E-state index contributed by atoms with van der Waals surface area (Å²) in [6.07, 6.45) is 4.59. The van der Waals surface area contributed by atoms with E-state index < -0.39 is 5.60 Å². The summed E-state index contributed by atoms with van der Waals surface area (Å²) in [5.74, 6) is 0.976. The average Bonchev–Trinajstić information content (AvgIpc) is 3.24. The highest BCUT2D eigenvalue weighted by Gasteiger charge is 2.25. The molecule has 1 aliphatic rings. The molecule has 8 heteroatoms. The van der Waals surface area contributed by atoms with E-state index in [1.54, 1.807) is 4.90 Å². The van der Waals surface area contributed by atoms with Crippen LogP contribution < -0.4 is 4.74 Å². The summed E-state index contributed by atoms with van der Waals surface area (Å²) in [5, 5.41) is 8.64. The van der Waals surface area contributed by atoms with Crippen LogP contribution in [0.5, 0.6) is 5.75 Å². The lowest BCUT2D eigenvalue weighted by molar-refractivity contribution is 0.0143. The first-order valence-corrected chi connectivity index (χ1v) is 13.2. The van der Waals surface area contributed by atoms with E-state index >= 15 is 0 Å². The molecule has 1 amide bonds. The third kappa shape index (κ3) is 8.80. The third-order valence-electron chi connectivity index (χ3n) is 6.25. The summed E-state index contributed by atoms with van der Waals surface area (Å²) in [5.41, 5.74) is 3.11. The van der Waals surface area contributed by atoms with Gasteiger partial charge < -0.3 is 14.4 Å². The van der Waals surface area contributed by atoms with E-state index in [9.17, 15) is 4.79 Å². The Morgan fingerprint density at radius 1 is 1.00 bits per heavy atom. The summed E-state index contributed by atoms with van der Waals surface area (Å²) in [6, 6.07) is 6.42. The van der Waals surface area contributed by atoms with Crippen LogP contribution in [0.2, 0.25) is 0 Å². The van der Waals surface area contributed by atoms with Crippen LogP contribution in [0, 0.1) is 6.92 Å². The molecule has 0 N–H and O–H groups in total. The fraction of sp³-hybridized carbons (Fsp3) is 0.679. The Morgan fingerprint density at radius 2 is 1.72 bits per heavy atom. The van der Waals surface area contributed by atoms with Crippen molar-refractivity contribution in [2.75, 3.05) is 39.3 Å². The van der Waals surface area contributed by atoms with Gasteiger partial charge in [-0.1, -0.05) is 43.7 Å². The number of nitrogens with zero attached hydrogens (tertiary/aromatic N) is 5. The van der Waals surface area contributed by atoms with E-state index in [0.717, 1.165) is 56.9 Å². The smallest absolute Gasteiger partial charge is 0.410 e. The zero-order chi connectivity index (χ0) is 26.3. The van der Waals surface area contributed by atoms with Crippen LogP contribution >= 0.6 is 0 Å². The van der Waals surface area contributed by atoms with E-state index in [-0.39, 0.29) is 11.5 Å². The molecule has 1 fully saturated rings. The second-order valence-corrected chi connectivity index (χ2v) is 11.8. The number of aromatic nitrogens is 3. The Morgan fingerprint density at radius 3 is 2.39 bits per heavy atom. The van der Waals surface area contributed by atoms with E-state index in [1.165, 1.54) is 11.1 Å². The van der Waals surface area contributed by atoms with Crippen molar-refractivity contribution in [3.05, 3.63) is 41.2 Å². The normalized spacial score (nSPS) is 15.2. The predicted molar refractivity (Wildman–Crippen MR) is 143 cm³/mol. The molecule has 3 rings (SSSR count). The standard InChI is InChI=1S/C28H45N5O3/c1-22-11-12-25(24(20-22)27(2,3)4)35-19-8-10-23-21-33(30-29-23)14-9-13-31-15-17-32(18-16-31)26(34)36-28(5,6)7/h11-12,20-21H,8-10,13-19H2,1-7H3. The minimum Gasteiger partial charge on any atom is -0.493 e. The van der Waals surface area contributed by atoms with Crippen molar-refractivity contribution in [2.24, 2.45) is 0 Å². The maximum absolute atomic E-state index is 12.2. The monoisotopic (exact) mass is 499 g/mol. The van der Waals surface area contributed by atoms with Crippen molar-refractivity contribution in [1.29, 1.82) is 0 Å². The second kappa shape index (κ2) is 12.1. The Hall–Kier alpha value is -2.61. The van der Waals surface area contributed by atoms with E-state index in [0.29, 0.717) is 19.7 Å². The molecule has 36 heavy (non-hydrogen) atoms. The molecule has 2 aromatic rings. The van der Waals surface area contributed by atoms with Gasteiger partial charge in [0.25, 0.3) is 0 Å². The summed E-state index contributed by atoms with van der Waals surface area (Å²) < 4.78 is 13.5. The van der Waals surface area contributed by atoms with Crippen LogP contribution in [-0.2, 0) is 23.1 Å². The summed E-state index contributed by atoms with van der Waals surface area (Å²) in [7, 11) is 0. The molecule has 0 radical (unpaired) electrons. The Kier molecular flexibility index (Phi) is 9.39. The van der Waals surface area contributed by atoms with E-state index in [1.807, 2.05) is 31.6 Å². The molecule has 0 unspecified atom stereocenters. The lowest BCUT2D eigenvalue weighted by Gasteiger charge is -2.35. The van der Waals surface area contributed by atoms with Crippen LogP contribution in [-0.4, -0.2) is 75.8 Å². The van der Waals surface area contributed by atoms with E-state index in [4.69, 9.17) is 9.47 Å². The lowest BCUT2D eigenvalue weighted by atomic mass is 9.85. The van der Waals surface area contributed by atoms with Crippen LogP contribution in [0.1, 0.15) is 71.2 Å². The van der Waals surface area contributed by atoms with Gasteiger partial charge in [0.15, 0.2) is 0 Å². The number of amides is 1. The second-order valence-electron chi connectivity index (χ2n) is 11.8. The molecule has 0 aliphatic carbocycles. The molecule has 1 saturated heterocycles. The number of carbonyl (C=O) groups is 1. The van der Waals surface area contributed by atoms with Gasteiger partial charge in [-0.3, -0.25) is 9.58 Å². The summed E-state index contributed by atoms with van der Waals surface area (Å²) >= 11 is 0. The van der Waals surface area contributed by atoms with Crippen LogP contribution in [0.25, 0.3) is 0 Å². The van der Waals surface area contributed by atoms with Crippen LogP contribution in [0.4, 0.5) is 4.79 Å². The molecule has 0 bridgehead atoms. The summed E-state index contributed by atoms with van der Waals surface area (Å²) in [4.78, 5) is 16.4. The van der Waals surface area contributed by atoms with Gasteiger partial charge in [0.1, 0.15) is 11.4 Å². The van der Waals surface area contributed by atoms with Crippen molar-refractivity contribution in [1.82, 2.24) is 24.8 Å². The maximum Gasteiger partial charge on any atom is 0.410 e. The van der Waals surface area contributed by atoms with Crippen molar-refractivity contribution in [2.45, 2.75) is 85.3 Å². The molecule has 1 aliphatic heterocycles. The number of aryl methyl sites for hydroxylation is 3. The Bertz CT molecular complexity index is 982. The fourth-order valence-electron chi connectivity index (χ4n) is 4.29. The molecular formula is C28H45N5O3. The van der Waals surface area contributed by atoms with Crippen molar-refractivity contribution in [3.8, 4) is 5.75 Å². The van der Waals surface area contributed by atoms with Gasteiger partial charge in [-0.2, -0.15) is 0 Å². The Labute approximate surface area is 216 Å². The number of piperazine rings is 1. The lowest BCUT2D eigenvalue weighted by Crippen LogP contribution is -2.50. The minimum absolute atomic E-state index is 0.0513. The quantitative estimate of drug-likeness (QED) is 0.460. The average molecular weight is 500 g/mol. The number of ether oxygens (including phenoxy) is 2. The largest absolute Gasteiger partial charge is 0.493 e. The molecule has 0 spiro atoms. The number of carbonyl (C=O) groups excluding carboxylic acids is 1. The van der Waals surface area contributed by atoms with Gasteiger partial charge >= 0.3 is 6.09 Å². The topological polar surface area (TPSA) is 72.7 Å². The molecule has 8 nitrogen and oxygen atoms in total. The molecule has 2 heterocycles. The van der Waals surface area contributed by atoms with E-state index in [2.05, 4.69) is 61.1 Å². The van der Waals surface area contributed by atoms with Crippen molar-refractivity contribution >= 4 is 6.09 Å². The van der Waals surface area contributed by atoms with Gasteiger partial charge in [0.2, 0.25) is 0 Å².